The van der Waals surface area contributed by atoms with Gasteiger partial charge in [0, 0.05) is 11.2 Å². The van der Waals surface area contributed by atoms with Gasteiger partial charge in [-0.2, -0.15) is 0 Å². The van der Waals surface area contributed by atoms with Crippen molar-refractivity contribution in [3.05, 3.63) is 0 Å². The molecule has 14 heavy (non-hydrogen) atoms. The Morgan fingerprint density at radius 3 is 2.29 bits per heavy atom. The predicted octanol–water partition coefficient (Wildman–Crippen LogP) is 3.91. The van der Waals surface area contributed by atoms with E-state index in [0.717, 1.165) is 18.8 Å². The van der Waals surface area contributed by atoms with Crippen molar-refractivity contribution in [3.63, 3.8) is 0 Å². The minimum Gasteiger partial charge on any atom is -0.299 e. The molecule has 0 aliphatic heterocycles. The molecule has 0 N–H and O–H groups in total. The zero-order valence-electron chi connectivity index (χ0n) is 10.2. The van der Waals surface area contributed by atoms with Gasteiger partial charge in [0.25, 0.3) is 0 Å². The summed E-state index contributed by atoms with van der Waals surface area (Å²) < 4.78 is 0.216. The zero-order valence-corrected chi connectivity index (χ0v) is 11.0. The molecule has 1 nitrogen and oxygen atoms in total. The number of rotatable bonds is 6. The molecule has 0 bridgehead atoms. The van der Waals surface area contributed by atoms with E-state index in [4.69, 9.17) is 0 Å². The second kappa shape index (κ2) is 6.49. The number of Topliss-reactive ketones (excluding diaryl/α,β-unsaturated/α-hetero) is 1. The Labute approximate surface area is 93.0 Å². The molecule has 0 heterocycles. The summed E-state index contributed by atoms with van der Waals surface area (Å²) in [5.41, 5.74) is 0. The Hall–Kier alpha value is 0.0200. The smallest absolute Gasteiger partial charge is 0.142 e. The van der Waals surface area contributed by atoms with Crippen molar-refractivity contribution in [2.24, 2.45) is 5.92 Å². The van der Waals surface area contributed by atoms with Crippen LogP contribution in [0, 0.1) is 5.92 Å². The summed E-state index contributed by atoms with van der Waals surface area (Å²) >= 11 is 1.75. The van der Waals surface area contributed by atoms with Crippen LogP contribution in [-0.4, -0.2) is 16.3 Å². The summed E-state index contributed by atoms with van der Waals surface area (Å²) in [5, 5.41) is 0. The fourth-order valence-corrected chi connectivity index (χ4v) is 1.81. The van der Waals surface area contributed by atoms with Gasteiger partial charge < -0.3 is 0 Å². The van der Waals surface area contributed by atoms with Gasteiger partial charge in [0.1, 0.15) is 5.78 Å². The minimum absolute atomic E-state index is 0.216. The summed E-state index contributed by atoms with van der Waals surface area (Å²) in [6, 6.07) is 0. The van der Waals surface area contributed by atoms with Crippen LogP contribution in [-0.2, 0) is 4.79 Å². The third kappa shape index (κ3) is 10.1. The van der Waals surface area contributed by atoms with E-state index in [0.29, 0.717) is 11.5 Å². The summed E-state index contributed by atoms with van der Waals surface area (Å²) in [5.74, 6) is 1.81. The molecule has 84 valence electrons. The average molecular weight is 216 g/mol. The molecule has 0 aromatic heterocycles. The van der Waals surface area contributed by atoms with Crippen LogP contribution in [0.3, 0.4) is 0 Å². The van der Waals surface area contributed by atoms with Crippen LogP contribution >= 0.6 is 11.8 Å². The third-order valence-corrected chi connectivity index (χ3v) is 3.24. The molecule has 0 aliphatic carbocycles. The van der Waals surface area contributed by atoms with Crippen LogP contribution in [0.2, 0.25) is 0 Å². The van der Waals surface area contributed by atoms with E-state index in [9.17, 15) is 4.79 Å². The molecule has 0 saturated carbocycles. The van der Waals surface area contributed by atoms with E-state index in [2.05, 4.69) is 34.6 Å². The number of hydrogen-bond donors (Lipinski definition) is 0. The highest BCUT2D eigenvalue weighted by atomic mass is 32.2. The van der Waals surface area contributed by atoms with Crippen molar-refractivity contribution in [2.75, 3.05) is 5.75 Å². The molecule has 0 aromatic carbocycles. The molecular weight excluding hydrogens is 192 g/mol. The van der Waals surface area contributed by atoms with Crippen molar-refractivity contribution < 1.29 is 4.79 Å². The fraction of sp³-hybridized carbons (Fsp3) is 0.917. The van der Waals surface area contributed by atoms with Gasteiger partial charge in [0.15, 0.2) is 0 Å². The Kier molecular flexibility index (Phi) is 6.50. The van der Waals surface area contributed by atoms with Crippen molar-refractivity contribution in [1.82, 2.24) is 0 Å². The van der Waals surface area contributed by atoms with Crippen LogP contribution in [0.4, 0.5) is 0 Å². The highest BCUT2D eigenvalue weighted by Gasteiger charge is 2.13. The lowest BCUT2D eigenvalue weighted by Crippen LogP contribution is -2.12. The molecule has 0 radical (unpaired) electrons. The molecule has 0 aromatic rings. The van der Waals surface area contributed by atoms with Gasteiger partial charge in [-0.25, -0.2) is 0 Å². The van der Waals surface area contributed by atoms with E-state index in [1.54, 1.807) is 11.8 Å². The first-order chi connectivity index (χ1) is 6.31. The lowest BCUT2D eigenvalue weighted by molar-refractivity contribution is -0.116. The quantitative estimate of drug-likeness (QED) is 0.669. The van der Waals surface area contributed by atoms with E-state index in [1.807, 2.05) is 0 Å². The number of carbonyl (C=O) groups is 1. The molecule has 2 heteroatoms. The molecule has 0 amide bonds. The van der Waals surface area contributed by atoms with E-state index >= 15 is 0 Å². The maximum absolute atomic E-state index is 11.5. The van der Waals surface area contributed by atoms with Crippen molar-refractivity contribution >= 4 is 17.5 Å². The standard InChI is InChI=1S/C12H24OS/c1-10(2)7-6-8-11(13)9-14-12(3,4)5/h10H,6-9H2,1-5H3. The Morgan fingerprint density at radius 2 is 1.86 bits per heavy atom. The summed E-state index contributed by atoms with van der Waals surface area (Å²) in [6.07, 6.45) is 2.99. The van der Waals surface area contributed by atoms with Gasteiger partial charge >= 0.3 is 0 Å². The number of ketones is 1. The van der Waals surface area contributed by atoms with Crippen LogP contribution < -0.4 is 0 Å². The van der Waals surface area contributed by atoms with Crippen LogP contribution in [0.1, 0.15) is 53.9 Å². The van der Waals surface area contributed by atoms with Gasteiger partial charge in [0.05, 0.1) is 5.75 Å². The average Bonchev–Trinajstić information content (AvgIpc) is 1.99. The molecule has 0 aliphatic rings. The fourth-order valence-electron chi connectivity index (χ4n) is 1.08. The Morgan fingerprint density at radius 1 is 1.29 bits per heavy atom. The second-order valence-electron chi connectivity index (χ2n) is 5.23. The second-order valence-corrected chi connectivity index (χ2v) is 7.03. The van der Waals surface area contributed by atoms with Gasteiger partial charge in [-0.3, -0.25) is 4.79 Å². The van der Waals surface area contributed by atoms with Gasteiger partial charge in [-0.15, -0.1) is 11.8 Å². The van der Waals surface area contributed by atoms with Crippen LogP contribution in [0.25, 0.3) is 0 Å². The van der Waals surface area contributed by atoms with Crippen LogP contribution in [0.15, 0.2) is 0 Å². The lowest BCUT2D eigenvalue weighted by atomic mass is 10.1. The molecule has 0 saturated heterocycles. The zero-order chi connectivity index (χ0) is 11.2. The van der Waals surface area contributed by atoms with Crippen molar-refractivity contribution in [2.45, 2.75) is 58.6 Å². The van der Waals surface area contributed by atoms with E-state index < -0.39 is 0 Å². The van der Waals surface area contributed by atoms with Gasteiger partial charge in [-0.05, 0) is 12.3 Å². The topological polar surface area (TPSA) is 17.1 Å². The number of carbonyl (C=O) groups excluding carboxylic acids is 1. The SMILES string of the molecule is CC(C)CCCC(=O)CSC(C)(C)C. The van der Waals surface area contributed by atoms with Crippen molar-refractivity contribution in [1.29, 1.82) is 0 Å². The maximum atomic E-state index is 11.5. The molecule has 0 fully saturated rings. The highest BCUT2D eigenvalue weighted by Crippen LogP contribution is 2.23. The molecule has 0 atom stereocenters. The first kappa shape index (κ1) is 14.0. The normalized spacial score (nSPS) is 12.1. The van der Waals surface area contributed by atoms with Crippen LogP contribution in [0.5, 0.6) is 0 Å². The number of thioether (sulfide) groups is 1. The molecule has 0 spiro atoms. The monoisotopic (exact) mass is 216 g/mol. The predicted molar refractivity (Wildman–Crippen MR) is 65.9 cm³/mol. The molecule has 0 rings (SSSR count). The summed E-state index contributed by atoms with van der Waals surface area (Å²) in [7, 11) is 0. The first-order valence-corrected chi connectivity index (χ1v) is 6.45. The number of hydrogen-bond acceptors (Lipinski definition) is 2. The summed E-state index contributed by atoms with van der Waals surface area (Å²) in [6.45, 7) is 10.9. The molecular formula is C12H24OS. The van der Waals surface area contributed by atoms with E-state index in [1.165, 1.54) is 6.42 Å². The highest BCUT2D eigenvalue weighted by molar-refractivity contribution is 8.01. The first-order valence-electron chi connectivity index (χ1n) is 5.47. The van der Waals surface area contributed by atoms with Gasteiger partial charge in [-0.1, -0.05) is 41.0 Å². The third-order valence-electron chi connectivity index (χ3n) is 1.90. The van der Waals surface area contributed by atoms with Gasteiger partial charge in [0.2, 0.25) is 0 Å². The summed E-state index contributed by atoms with van der Waals surface area (Å²) in [4.78, 5) is 11.5. The maximum Gasteiger partial charge on any atom is 0.142 e. The lowest BCUT2D eigenvalue weighted by Gasteiger charge is -2.16. The largest absolute Gasteiger partial charge is 0.299 e. The minimum atomic E-state index is 0.216. The Balaban J connectivity index is 3.47. The molecule has 0 unspecified atom stereocenters. The van der Waals surface area contributed by atoms with E-state index in [-0.39, 0.29) is 4.75 Å². The Bertz CT molecular complexity index is 168. The van der Waals surface area contributed by atoms with Crippen molar-refractivity contribution in [3.8, 4) is 0 Å².